The molecule has 0 bridgehead atoms. The third-order valence-corrected chi connectivity index (χ3v) is 8.02. The number of rotatable bonds is 11. The van der Waals surface area contributed by atoms with E-state index in [0.717, 1.165) is 80.0 Å². The fourth-order valence-electron chi connectivity index (χ4n) is 5.62. The van der Waals surface area contributed by atoms with E-state index in [1.165, 1.54) is 6.08 Å². The summed E-state index contributed by atoms with van der Waals surface area (Å²) in [7, 11) is 7.73. The highest BCUT2D eigenvalue weighted by Crippen LogP contribution is 2.48. The number of methoxy groups -OCH3 is 1. The van der Waals surface area contributed by atoms with Gasteiger partial charge >= 0.3 is 0 Å². The molecule has 0 aliphatic carbocycles. The van der Waals surface area contributed by atoms with Crippen LogP contribution in [0.2, 0.25) is 0 Å². The second kappa shape index (κ2) is 12.5. The first-order valence-corrected chi connectivity index (χ1v) is 14.3. The third kappa shape index (κ3) is 6.13. The first kappa shape index (κ1) is 29.6. The highest BCUT2D eigenvalue weighted by Gasteiger charge is 2.46. The van der Waals surface area contributed by atoms with Gasteiger partial charge in [-0.3, -0.25) is 4.98 Å². The number of aliphatic hydroxyl groups is 1. The number of aliphatic hydroxyl groups excluding tert-OH is 1. The highest BCUT2D eigenvalue weighted by atomic mass is 16.5. The number of nitrogens with zero attached hydrogens (tertiary/aromatic N) is 6. The highest BCUT2D eigenvalue weighted by molar-refractivity contribution is 5.81. The van der Waals surface area contributed by atoms with Crippen molar-refractivity contribution in [2.45, 2.75) is 31.4 Å². The number of ether oxygens (including phenoxy) is 2. The Kier molecular flexibility index (Phi) is 8.81. The van der Waals surface area contributed by atoms with Gasteiger partial charge in [-0.1, -0.05) is 6.58 Å². The second-order valence-electron chi connectivity index (χ2n) is 11.3. The molecule has 0 radical (unpaired) electrons. The Morgan fingerprint density at radius 2 is 1.93 bits per heavy atom. The van der Waals surface area contributed by atoms with E-state index in [1.54, 1.807) is 13.3 Å². The van der Waals surface area contributed by atoms with Gasteiger partial charge in [0.2, 0.25) is 5.95 Å². The smallest absolute Gasteiger partial charge is 0.229 e. The van der Waals surface area contributed by atoms with Crippen LogP contribution < -0.4 is 25.2 Å². The number of benzene rings is 1. The molecule has 2 aliphatic rings. The number of likely N-dealkylation sites (N-methyl/N-ethyl adjacent to an activating group) is 2. The lowest BCUT2D eigenvalue weighted by atomic mass is 9.78. The first-order valence-electron chi connectivity index (χ1n) is 14.3. The number of fused-ring (bicyclic) bond motifs is 2. The number of aryl methyl sites for hydroxylation is 1. The number of aromatic nitrogens is 3. The Bertz CT molecular complexity index is 1410. The summed E-state index contributed by atoms with van der Waals surface area (Å²) in [6, 6.07) is 9.98. The normalized spacial score (nSPS) is 16.3. The largest absolute Gasteiger partial charge is 0.494 e. The number of anilines is 6. The lowest BCUT2D eigenvalue weighted by Gasteiger charge is -2.33. The van der Waals surface area contributed by atoms with Gasteiger partial charge < -0.3 is 39.9 Å². The Balaban J connectivity index is 1.46. The second-order valence-corrected chi connectivity index (χ2v) is 11.3. The molecule has 0 amide bonds. The summed E-state index contributed by atoms with van der Waals surface area (Å²) in [6.45, 7) is 9.66. The summed E-state index contributed by atoms with van der Waals surface area (Å²) >= 11 is 0. The van der Waals surface area contributed by atoms with E-state index in [-0.39, 0.29) is 5.41 Å². The molecule has 3 aromatic rings. The van der Waals surface area contributed by atoms with Crippen LogP contribution in [-0.2, 0) is 10.2 Å². The van der Waals surface area contributed by atoms with Crippen LogP contribution in [0.4, 0.5) is 34.5 Å². The maximum Gasteiger partial charge on any atom is 0.229 e. The van der Waals surface area contributed by atoms with Crippen molar-refractivity contribution in [2.75, 3.05) is 81.5 Å². The number of pyridine rings is 1. The summed E-state index contributed by atoms with van der Waals surface area (Å²) in [4.78, 5) is 20.9. The van der Waals surface area contributed by atoms with Crippen LogP contribution in [0.3, 0.4) is 0 Å². The number of hydrogen-bond acceptors (Lipinski definition) is 11. The predicted octanol–water partition coefficient (Wildman–Crippen LogP) is 4.05. The van der Waals surface area contributed by atoms with Gasteiger partial charge in [-0.15, -0.1) is 0 Å². The van der Waals surface area contributed by atoms with Crippen molar-refractivity contribution in [3.63, 3.8) is 0 Å². The van der Waals surface area contributed by atoms with Gasteiger partial charge in [0, 0.05) is 63.3 Å². The van der Waals surface area contributed by atoms with Gasteiger partial charge in [-0.05, 0) is 64.2 Å². The van der Waals surface area contributed by atoms with E-state index >= 15 is 0 Å². The predicted molar refractivity (Wildman–Crippen MR) is 168 cm³/mol. The summed E-state index contributed by atoms with van der Waals surface area (Å²) in [5, 5.41) is 16.8. The van der Waals surface area contributed by atoms with Crippen LogP contribution in [0.25, 0.3) is 0 Å². The van der Waals surface area contributed by atoms with Crippen molar-refractivity contribution in [1.82, 2.24) is 19.9 Å². The molecule has 1 fully saturated rings. The molecule has 0 saturated carbocycles. The fraction of sp³-hybridized carbons (Fsp3) is 0.452. The zero-order valence-corrected chi connectivity index (χ0v) is 25.2. The van der Waals surface area contributed by atoms with Crippen molar-refractivity contribution >= 4 is 34.5 Å². The minimum absolute atomic E-state index is 0.0532. The molecule has 1 spiro atoms. The Morgan fingerprint density at radius 1 is 1.14 bits per heavy atom. The molecule has 2 aliphatic heterocycles. The van der Waals surface area contributed by atoms with Crippen LogP contribution in [0, 0.1) is 6.92 Å². The molecule has 2 aromatic heterocycles. The monoisotopic (exact) mass is 574 g/mol. The standard InChI is InChI=1S/C31H42N8O3/c1-7-28(40)34-22-18-23(26(41-6)19-25(22)38(5)15-14-37(3)4)35-30-32-13-10-27(36-30)39-20-31(11-16-42-17-12-31)29-24(39)9-8-21(2)33-29/h7-10,13,18-19,28,34,40H,1,11-12,14-17,20H2,2-6H3,(H,32,35,36). The number of hydrogen-bond donors (Lipinski definition) is 3. The summed E-state index contributed by atoms with van der Waals surface area (Å²) < 4.78 is 11.5. The first-order chi connectivity index (χ1) is 20.2. The summed E-state index contributed by atoms with van der Waals surface area (Å²) in [5.41, 5.74) is 5.44. The van der Waals surface area contributed by atoms with E-state index in [4.69, 9.17) is 19.4 Å². The molecule has 1 atom stereocenters. The Labute approximate surface area is 248 Å². The van der Waals surface area contributed by atoms with Crippen molar-refractivity contribution in [3.05, 3.63) is 60.6 Å². The molecular weight excluding hydrogens is 532 g/mol. The Morgan fingerprint density at radius 3 is 2.64 bits per heavy atom. The SMILES string of the molecule is C=CC(O)Nc1cc(Nc2nccc(N3CC4(CCOCC4)c4nc(C)ccc43)n2)c(OC)cc1N(C)CCN(C)C. The van der Waals surface area contributed by atoms with Gasteiger partial charge in [0.1, 0.15) is 17.8 Å². The lowest BCUT2D eigenvalue weighted by Crippen LogP contribution is -2.38. The van der Waals surface area contributed by atoms with Gasteiger partial charge in [0.15, 0.2) is 0 Å². The van der Waals surface area contributed by atoms with Gasteiger partial charge in [0.05, 0.1) is 35.6 Å². The summed E-state index contributed by atoms with van der Waals surface area (Å²) in [5.74, 6) is 1.85. The van der Waals surface area contributed by atoms with E-state index in [0.29, 0.717) is 17.4 Å². The molecule has 3 N–H and O–H groups in total. The van der Waals surface area contributed by atoms with Crippen molar-refractivity contribution in [1.29, 1.82) is 0 Å². The minimum Gasteiger partial charge on any atom is -0.494 e. The van der Waals surface area contributed by atoms with Crippen molar-refractivity contribution in [2.24, 2.45) is 0 Å². The summed E-state index contributed by atoms with van der Waals surface area (Å²) in [6.07, 6.45) is 4.15. The Hall–Kier alpha value is -3.93. The van der Waals surface area contributed by atoms with E-state index in [9.17, 15) is 5.11 Å². The lowest BCUT2D eigenvalue weighted by molar-refractivity contribution is 0.0545. The molecule has 1 aromatic carbocycles. The van der Waals surface area contributed by atoms with Crippen LogP contribution in [0.15, 0.2) is 49.2 Å². The van der Waals surface area contributed by atoms with Crippen LogP contribution >= 0.6 is 0 Å². The molecule has 224 valence electrons. The minimum atomic E-state index is -0.920. The van der Waals surface area contributed by atoms with E-state index in [1.807, 2.05) is 46.3 Å². The van der Waals surface area contributed by atoms with E-state index < -0.39 is 6.23 Å². The zero-order chi connectivity index (χ0) is 29.9. The van der Waals surface area contributed by atoms with Crippen LogP contribution in [-0.4, -0.2) is 92.3 Å². The number of nitrogens with one attached hydrogen (secondary N) is 2. The van der Waals surface area contributed by atoms with Gasteiger partial charge in [-0.25, -0.2) is 4.98 Å². The van der Waals surface area contributed by atoms with E-state index in [2.05, 4.69) is 49.0 Å². The topological polar surface area (TPSA) is 111 Å². The maximum absolute atomic E-state index is 10.4. The molecule has 1 saturated heterocycles. The maximum atomic E-state index is 10.4. The van der Waals surface area contributed by atoms with Crippen LogP contribution in [0.5, 0.6) is 5.75 Å². The van der Waals surface area contributed by atoms with Crippen molar-refractivity contribution in [3.8, 4) is 5.75 Å². The molecule has 4 heterocycles. The zero-order valence-electron chi connectivity index (χ0n) is 25.2. The molecule has 42 heavy (non-hydrogen) atoms. The molecule has 11 heteroatoms. The van der Waals surface area contributed by atoms with Gasteiger partial charge in [0.25, 0.3) is 0 Å². The molecular formula is C31H42N8O3. The quantitative estimate of drug-likeness (QED) is 0.228. The molecule has 11 nitrogen and oxygen atoms in total. The van der Waals surface area contributed by atoms with Gasteiger partial charge in [-0.2, -0.15) is 4.98 Å². The van der Waals surface area contributed by atoms with Crippen molar-refractivity contribution < 1.29 is 14.6 Å². The van der Waals surface area contributed by atoms with Crippen LogP contribution in [0.1, 0.15) is 24.2 Å². The average Bonchev–Trinajstić information content (AvgIpc) is 3.28. The molecule has 1 unspecified atom stereocenters. The average molecular weight is 575 g/mol. The fourth-order valence-corrected chi connectivity index (χ4v) is 5.62. The molecule has 5 rings (SSSR count). The third-order valence-electron chi connectivity index (χ3n) is 8.02.